The SMILES string of the molecule is Cl.NC(N)=NCCCC[C@@H](N)C(=O)NCCCN(CCCNC(=O)[C@H](N)CCCCN=C(N)N)CCOc1ccc(CCCCN=C(N)NC(=O)c2nc(Cl)c(N)nc2N)cc1. The number of rotatable bonds is 30. The zero-order valence-corrected chi connectivity index (χ0v) is 37.0. The molecule has 0 aliphatic carbocycles. The van der Waals surface area contributed by atoms with Gasteiger partial charge in [-0.2, -0.15) is 0 Å². The Morgan fingerprint density at radius 1 is 0.694 bits per heavy atom. The number of aryl methyl sites for hydroxylation is 1. The fraction of sp³-hybridized carbons (Fsp3) is 0.579. The Bertz CT molecular complexity index is 1670. The molecule has 2 aromatic rings. The average molecular weight is 912 g/mol. The Morgan fingerprint density at radius 2 is 1.21 bits per heavy atom. The number of hydrogen-bond donors (Lipinski definition) is 12. The molecule has 21 N–H and O–H groups in total. The highest BCUT2D eigenvalue weighted by atomic mass is 35.5. The molecule has 1 aromatic carbocycles. The third-order valence-corrected chi connectivity index (χ3v) is 9.40. The number of aliphatic imine (C=N–C) groups is 3. The van der Waals surface area contributed by atoms with E-state index < -0.39 is 18.0 Å². The number of nitrogens with one attached hydrogen (secondary N) is 3. The van der Waals surface area contributed by atoms with E-state index in [1.165, 1.54) is 0 Å². The molecule has 0 aliphatic heterocycles. The lowest BCUT2D eigenvalue weighted by Gasteiger charge is -2.23. The maximum Gasteiger partial charge on any atom is 0.280 e. The normalized spacial score (nSPS) is 12.1. The smallest absolute Gasteiger partial charge is 0.280 e. The van der Waals surface area contributed by atoms with Crippen molar-refractivity contribution in [2.24, 2.45) is 55.1 Å². The summed E-state index contributed by atoms with van der Waals surface area (Å²) >= 11 is 5.84. The van der Waals surface area contributed by atoms with Crippen LogP contribution in [0.5, 0.6) is 5.75 Å². The minimum absolute atomic E-state index is 0. The maximum atomic E-state index is 12.5. The highest BCUT2D eigenvalue weighted by Gasteiger charge is 2.17. The molecule has 348 valence electrons. The van der Waals surface area contributed by atoms with Crippen molar-refractivity contribution in [3.63, 3.8) is 0 Å². The van der Waals surface area contributed by atoms with Gasteiger partial charge in [0.1, 0.15) is 12.4 Å². The number of nitrogen functional groups attached to an aromatic ring is 2. The fourth-order valence-electron chi connectivity index (χ4n) is 5.77. The number of anilines is 2. The third kappa shape index (κ3) is 24.1. The van der Waals surface area contributed by atoms with Crippen LogP contribution in [0.15, 0.2) is 39.2 Å². The molecule has 0 radical (unpaired) electrons. The Balaban J connectivity index is 0.0000192. The summed E-state index contributed by atoms with van der Waals surface area (Å²) in [6.07, 6.45) is 7.80. The summed E-state index contributed by atoms with van der Waals surface area (Å²) in [5, 5.41) is 8.14. The van der Waals surface area contributed by atoms with Crippen molar-refractivity contribution in [1.82, 2.24) is 30.8 Å². The molecule has 22 nitrogen and oxygen atoms in total. The van der Waals surface area contributed by atoms with Crippen molar-refractivity contribution >= 4 is 71.2 Å². The Hall–Kier alpha value is -5.42. The maximum absolute atomic E-state index is 12.5. The fourth-order valence-corrected chi connectivity index (χ4v) is 5.89. The molecular formula is C38H68Cl2N18O4. The zero-order valence-electron chi connectivity index (χ0n) is 35.4. The lowest BCUT2D eigenvalue weighted by molar-refractivity contribution is -0.123. The molecule has 0 spiro atoms. The number of aromatic nitrogens is 2. The molecule has 2 rings (SSSR count). The molecule has 24 heteroatoms. The first-order valence-electron chi connectivity index (χ1n) is 20.5. The van der Waals surface area contributed by atoms with Gasteiger partial charge in [-0.15, -0.1) is 12.4 Å². The number of benzene rings is 1. The quantitative estimate of drug-likeness (QED) is 0.0255. The van der Waals surface area contributed by atoms with Gasteiger partial charge in [-0.25, -0.2) is 9.97 Å². The second-order valence-electron chi connectivity index (χ2n) is 14.3. The molecule has 1 aromatic heterocycles. The molecule has 0 saturated carbocycles. The molecule has 3 amide bonds. The lowest BCUT2D eigenvalue weighted by atomic mass is 10.1. The molecule has 1 heterocycles. The van der Waals surface area contributed by atoms with Crippen molar-refractivity contribution in [2.45, 2.75) is 82.7 Å². The molecule has 0 unspecified atom stereocenters. The van der Waals surface area contributed by atoms with Gasteiger partial charge < -0.3 is 67.0 Å². The van der Waals surface area contributed by atoms with Crippen LogP contribution in [0.2, 0.25) is 5.15 Å². The Kier molecular flexibility index (Phi) is 27.7. The van der Waals surface area contributed by atoms with E-state index in [2.05, 4.69) is 45.8 Å². The number of amides is 3. The molecule has 0 bridgehead atoms. The van der Waals surface area contributed by atoms with E-state index in [-0.39, 0.29) is 64.6 Å². The van der Waals surface area contributed by atoms with Crippen LogP contribution in [0.4, 0.5) is 11.6 Å². The van der Waals surface area contributed by atoms with Gasteiger partial charge in [0.15, 0.2) is 40.4 Å². The number of carbonyl (C=O) groups is 3. The van der Waals surface area contributed by atoms with Gasteiger partial charge in [0.05, 0.1) is 12.1 Å². The predicted octanol–water partition coefficient (Wildman–Crippen LogP) is -0.981. The molecule has 2 atom stereocenters. The second kappa shape index (κ2) is 31.4. The van der Waals surface area contributed by atoms with E-state index in [0.29, 0.717) is 84.6 Å². The Labute approximate surface area is 374 Å². The van der Waals surface area contributed by atoms with Crippen molar-refractivity contribution in [2.75, 3.05) is 70.4 Å². The highest BCUT2D eigenvalue weighted by molar-refractivity contribution is 6.31. The zero-order chi connectivity index (χ0) is 45.0. The number of guanidine groups is 3. The molecule has 0 saturated heterocycles. The van der Waals surface area contributed by atoms with Crippen LogP contribution in [0.1, 0.15) is 80.3 Å². The molecule has 62 heavy (non-hydrogen) atoms. The topological polar surface area (TPSA) is 397 Å². The summed E-state index contributed by atoms with van der Waals surface area (Å²) in [5.41, 5.74) is 51.6. The first kappa shape index (κ1) is 54.6. The van der Waals surface area contributed by atoms with E-state index in [9.17, 15) is 14.4 Å². The minimum Gasteiger partial charge on any atom is -0.492 e. The predicted molar refractivity (Wildman–Crippen MR) is 249 cm³/mol. The van der Waals surface area contributed by atoms with Crippen molar-refractivity contribution in [1.29, 1.82) is 0 Å². The number of nitrogens with two attached hydrogens (primary N) is 9. The van der Waals surface area contributed by atoms with Gasteiger partial charge in [0.25, 0.3) is 5.91 Å². The van der Waals surface area contributed by atoms with Crippen LogP contribution in [-0.4, -0.2) is 122 Å². The molecular weight excluding hydrogens is 843 g/mol. The van der Waals surface area contributed by atoms with Crippen LogP contribution in [-0.2, 0) is 16.0 Å². The second-order valence-corrected chi connectivity index (χ2v) is 14.6. The van der Waals surface area contributed by atoms with Crippen LogP contribution in [0.25, 0.3) is 0 Å². The highest BCUT2D eigenvalue weighted by Crippen LogP contribution is 2.17. The molecule has 0 fully saturated rings. The summed E-state index contributed by atoms with van der Waals surface area (Å²) in [4.78, 5) is 59.4. The van der Waals surface area contributed by atoms with Crippen molar-refractivity contribution in [3.05, 3.63) is 40.7 Å². The van der Waals surface area contributed by atoms with Crippen molar-refractivity contribution < 1.29 is 19.1 Å². The minimum atomic E-state index is -0.693. The Morgan fingerprint density at radius 3 is 1.74 bits per heavy atom. The summed E-state index contributed by atoms with van der Waals surface area (Å²) in [6.45, 7) is 4.80. The van der Waals surface area contributed by atoms with Gasteiger partial charge in [-0.3, -0.25) is 39.6 Å². The van der Waals surface area contributed by atoms with Crippen molar-refractivity contribution in [3.8, 4) is 5.75 Å². The third-order valence-electron chi connectivity index (χ3n) is 9.13. The van der Waals surface area contributed by atoms with Gasteiger partial charge in [-0.05, 0) is 101 Å². The number of carbonyl (C=O) groups excluding carboxylic acids is 3. The van der Waals surface area contributed by atoms with Gasteiger partial charge in [0.2, 0.25) is 11.8 Å². The number of nitrogens with zero attached hydrogens (tertiary/aromatic N) is 6. The van der Waals surface area contributed by atoms with E-state index >= 15 is 0 Å². The van der Waals surface area contributed by atoms with Gasteiger partial charge in [-0.1, -0.05) is 23.7 Å². The first-order valence-corrected chi connectivity index (χ1v) is 20.8. The monoisotopic (exact) mass is 911 g/mol. The largest absolute Gasteiger partial charge is 0.492 e. The van der Waals surface area contributed by atoms with E-state index in [1.807, 2.05) is 24.3 Å². The van der Waals surface area contributed by atoms with E-state index in [4.69, 9.17) is 67.9 Å². The summed E-state index contributed by atoms with van der Waals surface area (Å²) < 4.78 is 6.08. The van der Waals surface area contributed by atoms with Crippen LogP contribution in [0.3, 0.4) is 0 Å². The van der Waals surface area contributed by atoms with Crippen LogP contribution < -0.4 is 72.3 Å². The molecule has 0 aliphatic rings. The average Bonchev–Trinajstić information content (AvgIpc) is 3.21. The standard InChI is InChI=1S/C38H67ClN18O4.ClH/c39-30-32(43)55-31(42)29(54-30)35(60)56-38(48)53-18-4-1-9-25-12-14-26(15-13-25)61-24-23-57(21-7-19-49-33(58)27(40)10-2-5-16-51-36(44)45)22-8-20-50-34(59)28(41)11-3-6-17-52-37(46)47;/h12-15,27-28H,1-11,16-24,40-41H2,(H,49,58)(H,50,59)(H4,42,43,55)(H4,44,45,51)(H4,46,47,52)(H3,48,53,56,60);1H/t27-,28-;/m1./s1. The summed E-state index contributed by atoms with van der Waals surface area (Å²) in [7, 11) is 0. The summed E-state index contributed by atoms with van der Waals surface area (Å²) in [6, 6.07) is 6.68. The van der Waals surface area contributed by atoms with E-state index in [1.54, 1.807) is 0 Å². The van der Waals surface area contributed by atoms with E-state index in [0.717, 1.165) is 56.3 Å². The number of ether oxygens (including phenoxy) is 1. The van der Waals surface area contributed by atoms with Gasteiger partial charge >= 0.3 is 0 Å². The number of hydrogen-bond acceptors (Lipinski definition) is 14. The number of halogens is 2. The van der Waals surface area contributed by atoms with Crippen LogP contribution >= 0.6 is 24.0 Å². The first-order chi connectivity index (χ1) is 29.2. The lowest BCUT2D eigenvalue weighted by Crippen LogP contribution is -2.42. The van der Waals surface area contributed by atoms with Crippen LogP contribution in [0, 0.1) is 0 Å². The summed E-state index contributed by atoms with van der Waals surface area (Å²) in [5.74, 6) is -0.588. The van der Waals surface area contributed by atoms with Gasteiger partial charge in [0, 0.05) is 39.3 Å². The number of unbranched alkanes of at least 4 members (excludes halogenated alkanes) is 3.